The van der Waals surface area contributed by atoms with Crippen LogP contribution in [0.2, 0.25) is 0 Å². The second-order valence-electron chi connectivity index (χ2n) is 3.84. The van der Waals surface area contributed by atoms with E-state index in [2.05, 4.69) is 16.7 Å². The highest BCUT2D eigenvalue weighted by Crippen LogP contribution is 2.04. The molecule has 0 rings (SSSR count). The summed E-state index contributed by atoms with van der Waals surface area (Å²) in [7, 11) is 0. The summed E-state index contributed by atoms with van der Waals surface area (Å²) in [6.07, 6.45) is 6.77. The second kappa shape index (κ2) is 15.9. The zero-order valence-electron chi connectivity index (χ0n) is 11.2. The minimum atomic E-state index is -0.567. The third kappa shape index (κ3) is 17.3. The van der Waals surface area contributed by atoms with Crippen molar-refractivity contribution in [1.82, 2.24) is 0 Å². The first kappa shape index (κ1) is 19.2. The number of rotatable bonds is 8. The Morgan fingerprint density at radius 3 is 1.67 bits per heavy atom. The van der Waals surface area contributed by atoms with Gasteiger partial charge in [0.05, 0.1) is 0 Å². The van der Waals surface area contributed by atoms with E-state index in [4.69, 9.17) is 10.5 Å². The molecular formula is C12H24O6. The number of hydrogen-bond acceptors (Lipinski definition) is 6. The molecule has 0 radical (unpaired) electrons. The van der Waals surface area contributed by atoms with Crippen molar-refractivity contribution in [3.05, 3.63) is 0 Å². The van der Waals surface area contributed by atoms with Gasteiger partial charge in [0.25, 0.3) is 0 Å². The fourth-order valence-electron chi connectivity index (χ4n) is 1.17. The molecule has 18 heavy (non-hydrogen) atoms. The monoisotopic (exact) mass is 264 g/mol. The summed E-state index contributed by atoms with van der Waals surface area (Å²) in [5.41, 5.74) is 0. The summed E-state index contributed by atoms with van der Waals surface area (Å²) in [5, 5.41) is 15.5. The average Bonchev–Trinajstić information content (AvgIpc) is 2.39. The minimum Gasteiger partial charge on any atom is -0.301 e. The van der Waals surface area contributed by atoms with Gasteiger partial charge in [-0.3, -0.25) is 0 Å². The van der Waals surface area contributed by atoms with Crippen molar-refractivity contribution in [3.63, 3.8) is 0 Å². The van der Waals surface area contributed by atoms with Crippen LogP contribution in [0, 0.1) is 0 Å². The Morgan fingerprint density at radius 2 is 1.28 bits per heavy atom. The van der Waals surface area contributed by atoms with Gasteiger partial charge in [0.2, 0.25) is 0 Å². The zero-order valence-corrected chi connectivity index (χ0v) is 11.2. The molecule has 0 aliphatic rings. The van der Waals surface area contributed by atoms with E-state index in [1.807, 2.05) is 6.92 Å². The molecule has 0 bridgehead atoms. The molecule has 0 aromatic rings. The first-order valence-corrected chi connectivity index (χ1v) is 6.30. The van der Waals surface area contributed by atoms with E-state index < -0.39 is 11.9 Å². The van der Waals surface area contributed by atoms with Crippen LogP contribution in [0.5, 0.6) is 0 Å². The van der Waals surface area contributed by atoms with Crippen molar-refractivity contribution in [3.8, 4) is 0 Å². The van der Waals surface area contributed by atoms with Crippen LogP contribution in [-0.4, -0.2) is 22.5 Å². The second-order valence-corrected chi connectivity index (χ2v) is 3.84. The van der Waals surface area contributed by atoms with Crippen LogP contribution in [0.4, 0.5) is 0 Å². The van der Waals surface area contributed by atoms with Crippen molar-refractivity contribution in [2.75, 3.05) is 0 Å². The van der Waals surface area contributed by atoms with E-state index in [-0.39, 0.29) is 6.42 Å². The first-order valence-electron chi connectivity index (χ1n) is 6.30. The minimum absolute atomic E-state index is 0.288. The lowest BCUT2D eigenvalue weighted by Crippen LogP contribution is -1.99. The van der Waals surface area contributed by atoms with Crippen LogP contribution in [-0.2, 0) is 19.4 Å². The fourth-order valence-corrected chi connectivity index (χ4v) is 1.17. The van der Waals surface area contributed by atoms with Crippen LogP contribution < -0.4 is 0 Å². The molecule has 0 spiro atoms. The summed E-state index contributed by atoms with van der Waals surface area (Å²) < 4.78 is 0. The molecule has 0 atom stereocenters. The molecular weight excluding hydrogens is 240 g/mol. The molecule has 6 nitrogen and oxygen atoms in total. The zero-order chi connectivity index (χ0) is 14.2. The summed E-state index contributed by atoms with van der Waals surface area (Å²) in [5.74, 6) is -1.09. The van der Waals surface area contributed by atoms with Crippen LogP contribution in [0.25, 0.3) is 0 Å². The highest BCUT2D eigenvalue weighted by molar-refractivity contribution is 5.68. The molecule has 6 heteroatoms. The van der Waals surface area contributed by atoms with Gasteiger partial charge in [-0.05, 0) is 12.8 Å². The maximum Gasteiger partial charge on any atom is 0.342 e. The number of carbonyl (C=O) groups is 2. The molecule has 0 aromatic heterocycles. The molecule has 0 aromatic carbocycles. The molecule has 0 saturated heterocycles. The molecule has 0 aliphatic carbocycles. The highest BCUT2D eigenvalue weighted by atomic mass is 17.1. The van der Waals surface area contributed by atoms with Gasteiger partial charge in [-0.15, -0.1) is 0 Å². The summed E-state index contributed by atoms with van der Waals surface area (Å²) in [6, 6.07) is 0. The summed E-state index contributed by atoms with van der Waals surface area (Å²) in [6.45, 7) is 3.97. The lowest BCUT2D eigenvalue weighted by Gasteiger charge is -1.96. The van der Waals surface area contributed by atoms with Crippen molar-refractivity contribution >= 4 is 11.9 Å². The van der Waals surface area contributed by atoms with Gasteiger partial charge in [0.1, 0.15) is 0 Å². The number of unbranched alkanes of at least 4 members (excludes halogenated alkanes) is 4. The number of hydrogen-bond donors (Lipinski definition) is 2. The van der Waals surface area contributed by atoms with Crippen molar-refractivity contribution in [1.29, 1.82) is 0 Å². The van der Waals surface area contributed by atoms with Crippen molar-refractivity contribution < 1.29 is 29.9 Å². The third-order valence-corrected chi connectivity index (χ3v) is 2.14. The molecule has 0 saturated carbocycles. The van der Waals surface area contributed by atoms with Crippen molar-refractivity contribution in [2.45, 2.75) is 65.2 Å². The predicted molar refractivity (Wildman–Crippen MR) is 65.7 cm³/mol. The third-order valence-electron chi connectivity index (χ3n) is 2.14. The van der Waals surface area contributed by atoms with E-state index in [1.165, 1.54) is 12.8 Å². The van der Waals surface area contributed by atoms with Crippen LogP contribution in [0.3, 0.4) is 0 Å². The largest absolute Gasteiger partial charge is 0.342 e. The van der Waals surface area contributed by atoms with E-state index in [0.717, 1.165) is 19.3 Å². The van der Waals surface area contributed by atoms with Gasteiger partial charge in [-0.1, -0.05) is 39.5 Å². The molecule has 0 unspecified atom stereocenters. The van der Waals surface area contributed by atoms with E-state index in [9.17, 15) is 9.59 Å². The molecule has 108 valence electrons. The topological polar surface area (TPSA) is 93.1 Å². The SMILES string of the molecule is CCCC(=O)OO.CCCCCCCC(=O)OO. The first-order chi connectivity index (χ1) is 8.62. The van der Waals surface area contributed by atoms with Crippen molar-refractivity contribution in [2.24, 2.45) is 0 Å². The van der Waals surface area contributed by atoms with Gasteiger partial charge in [-0.2, -0.15) is 10.5 Å². The van der Waals surface area contributed by atoms with Crippen LogP contribution >= 0.6 is 0 Å². The maximum atomic E-state index is 10.4. The predicted octanol–water partition coefficient (Wildman–Crippen LogP) is 3.17. The maximum absolute atomic E-state index is 10.4. The Bertz CT molecular complexity index is 205. The number of carbonyl (C=O) groups excluding carboxylic acids is 2. The summed E-state index contributed by atoms with van der Waals surface area (Å²) >= 11 is 0. The van der Waals surface area contributed by atoms with E-state index >= 15 is 0 Å². The normalized spacial score (nSPS) is 9.11. The molecule has 0 fully saturated rings. The Hall–Kier alpha value is -1.14. The van der Waals surface area contributed by atoms with Gasteiger partial charge in [0.15, 0.2) is 0 Å². The van der Waals surface area contributed by atoms with Gasteiger partial charge in [0, 0.05) is 12.8 Å². The quantitative estimate of drug-likeness (QED) is 0.397. The van der Waals surface area contributed by atoms with Crippen LogP contribution in [0.15, 0.2) is 0 Å². The molecule has 0 amide bonds. The smallest absolute Gasteiger partial charge is 0.301 e. The lowest BCUT2D eigenvalue weighted by molar-refractivity contribution is -0.234. The Morgan fingerprint density at radius 1 is 0.778 bits per heavy atom. The highest BCUT2D eigenvalue weighted by Gasteiger charge is 1.99. The molecule has 0 heterocycles. The Kier molecular flexibility index (Phi) is 16.9. The Labute approximate surface area is 108 Å². The lowest BCUT2D eigenvalue weighted by atomic mass is 10.1. The fraction of sp³-hybridized carbons (Fsp3) is 0.833. The summed E-state index contributed by atoms with van der Waals surface area (Å²) in [4.78, 5) is 27.2. The van der Waals surface area contributed by atoms with Gasteiger partial charge in [-0.25, -0.2) is 9.59 Å². The van der Waals surface area contributed by atoms with E-state index in [0.29, 0.717) is 12.8 Å². The van der Waals surface area contributed by atoms with Crippen LogP contribution in [0.1, 0.15) is 65.2 Å². The molecule has 0 aliphatic heterocycles. The van der Waals surface area contributed by atoms with Gasteiger partial charge < -0.3 is 9.78 Å². The van der Waals surface area contributed by atoms with E-state index in [1.54, 1.807) is 0 Å². The standard InChI is InChI=1S/C8H16O3.C4H8O3/c1-2-3-4-5-6-7-8(9)11-10;1-2-3-4(5)7-6/h10H,2-7H2,1H3;6H,2-3H2,1H3. The van der Waals surface area contributed by atoms with Gasteiger partial charge >= 0.3 is 11.9 Å². The Balaban J connectivity index is 0. The molecule has 2 N–H and O–H groups in total. The average molecular weight is 264 g/mol.